The van der Waals surface area contributed by atoms with E-state index in [9.17, 15) is 4.79 Å². The molecular weight excluding hydrogens is 302 g/mol. The quantitative estimate of drug-likeness (QED) is 0.813. The molecule has 24 heavy (non-hydrogen) atoms. The summed E-state index contributed by atoms with van der Waals surface area (Å²) >= 11 is 0. The fourth-order valence-corrected chi connectivity index (χ4v) is 2.58. The van der Waals surface area contributed by atoms with E-state index in [0.29, 0.717) is 24.5 Å². The SMILES string of the molecule is N#Cc1ccnc(OC2CCN(C(=O)/C=C/c3ccccc3)C2)c1. The van der Waals surface area contributed by atoms with Gasteiger partial charge in [-0.15, -0.1) is 0 Å². The molecule has 0 saturated carbocycles. The van der Waals surface area contributed by atoms with Crippen molar-refractivity contribution in [1.82, 2.24) is 9.88 Å². The number of carbonyl (C=O) groups is 1. The van der Waals surface area contributed by atoms with Crippen molar-refractivity contribution in [2.75, 3.05) is 13.1 Å². The van der Waals surface area contributed by atoms with Gasteiger partial charge in [-0.3, -0.25) is 4.79 Å². The Kier molecular flexibility index (Phi) is 4.87. The standard InChI is InChI=1S/C19H17N3O2/c20-13-16-8-10-21-18(12-16)24-17-9-11-22(14-17)19(23)7-6-15-4-2-1-3-5-15/h1-8,10,12,17H,9,11,14H2/b7-6+. The molecule has 0 bridgehead atoms. The lowest BCUT2D eigenvalue weighted by atomic mass is 10.2. The minimum absolute atomic E-state index is 0.0244. The summed E-state index contributed by atoms with van der Waals surface area (Å²) in [7, 11) is 0. The van der Waals surface area contributed by atoms with Crippen LogP contribution in [0.4, 0.5) is 0 Å². The van der Waals surface area contributed by atoms with Crippen LogP contribution in [0, 0.1) is 11.3 Å². The number of amides is 1. The molecule has 0 aliphatic carbocycles. The Bertz CT molecular complexity index is 781. The summed E-state index contributed by atoms with van der Waals surface area (Å²) in [5.74, 6) is 0.400. The van der Waals surface area contributed by atoms with E-state index in [1.807, 2.05) is 36.4 Å². The number of aromatic nitrogens is 1. The average Bonchev–Trinajstić information content (AvgIpc) is 3.09. The first-order valence-corrected chi connectivity index (χ1v) is 7.79. The molecular formula is C19H17N3O2. The zero-order chi connectivity index (χ0) is 16.8. The van der Waals surface area contributed by atoms with E-state index in [0.717, 1.165) is 12.0 Å². The van der Waals surface area contributed by atoms with Gasteiger partial charge in [-0.05, 0) is 17.7 Å². The van der Waals surface area contributed by atoms with Crippen molar-refractivity contribution < 1.29 is 9.53 Å². The first-order chi connectivity index (χ1) is 11.7. The molecule has 1 unspecified atom stereocenters. The van der Waals surface area contributed by atoms with Gasteiger partial charge >= 0.3 is 0 Å². The summed E-state index contributed by atoms with van der Waals surface area (Å²) in [5, 5.41) is 8.90. The first kappa shape index (κ1) is 15.8. The lowest BCUT2D eigenvalue weighted by molar-refractivity contribution is -0.125. The average molecular weight is 319 g/mol. The zero-order valence-corrected chi connectivity index (χ0v) is 13.1. The predicted molar refractivity (Wildman–Crippen MR) is 90.0 cm³/mol. The van der Waals surface area contributed by atoms with Crippen LogP contribution in [0.1, 0.15) is 17.5 Å². The van der Waals surface area contributed by atoms with E-state index in [4.69, 9.17) is 10.00 Å². The van der Waals surface area contributed by atoms with Crippen molar-refractivity contribution in [3.8, 4) is 11.9 Å². The van der Waals surface area contributed by atoms with Gasteiger partial charge in [0.15, 0.2) is 0 Å². The molecule has 3 rings (SSSR count). The molecule has 0 N–H and O–H groups in total. The van der Waals surface area contributed by atoms with E-state index in [2.05, 4.69) is 11.1 Å². The third-order valence-electron chi connectivity index (χ3n) is 3.83. The zero-order valence-electron chi connectivity index (χ0n) is 13.1. The smallest absolute Gasteiger partial charge is 0.246 e. The van der Waals surface area contributed by atoms with Gasteiger partial charge in [-0.2, -0.15) is 5.26 Å². The summed E-state index contributed by atoms with van der Waals surface area (Å²) in [6.45, 7) is 1.18. The van der Waals surface area contributed by atoms with Gasteiger partial charge in [0.25, 0.3) is 0 Å². The monoisotopic (exact) mass is 319 g/mol. The summed E-state index contributed by atoms with van der Waals surface area (Å²) in [6, 6.07) is 15.0. The molecule has 5 heteroatoms. The summed E-state index contributed by atoms with van der Waals surface area (Å²) in [4.78, 5) is 18.1. The predicted octanol–water partition coefficient (Wildman–Crippen LogP) is 2.65. The van der Waals surface area contributed by atoms with Crippen LogP contribution in [0.3, 0.4) is 0 Å². The maximum atomic E-state index is 12.2. The van der Waals surface area contributed by atoms with Crippen LogP contribution in [0.2, 0.25) is 0 Å². The van der Waals surface area contributed by atoms with Crippen molar-refractivity contribution in [1.29, 1.82) is 5.26 Å². The van der Waals surface area contributed by atoms with E-state index in [1.54, 1.807) is 29.3 Å². The number of carbonyl (C=O) groups excluding carboxylic acids is 1. The molecule has 1 aliphatic rings. The van der Waals surface area contributed by atoms with E-state index in [-0.39, 0.29) is 12.0 Å². The van der Waals surface area contributed by atoms with Crippen LogP contribution in [-0.4, -0.2) is 35.0 Å². The molecule has 1 aliphatic heterocycles. The third-order valence-corrected chi connectivity index (χ3v) is 3.83. The van der Waals surface area contributed by atoms with Crippen molar-refractivity contribution >= 4 is 12.0 Å². The Morgan fingerprint density at radius 1 is 1.33 bits per heavy atom. The van der Waals surface area contributed by atoms with Crippen molar-refractivity contribution in [2.45, 2.75) is 12.5 Å². The number of nitriles is 1. The van der Waals surface area contributed by atoms with Crippen LogP contribution < -0.4 is 4.74 Å². The number of ether oxygens (including phenoxy) is 1. The van der Waals surface area contributed by atoms with Crippen molar-refractivity contribution in [3.05, 3.63) is 65.9 Å². The molecule has 1 amide bonds. The number of benzene rings is 1. The van der Waals surface area contributed by atoms with Gasteiger partial charge in [0.2, 0.25) is 11.8 Å². The number of rotatable bonds is 4. The summed E-state index contributed by atoms with van der Waals surface area (Å²) in [6.07, 6.45) is 5.61. The van der Waals surface area contributed by atoms with Crippen LogP contribution in [0.15, 0.2) is 54.7 Å². The van der Waals surface area contributed by atoms with Gasteiger partial charge < -0.3 is 9.64 Å². The van der Waals surface area contributed by atoms with E-state index < -0.39 is 0 Å². The molecule has 5 nitrogen and oxygen atoms in total. The number of hydrogen-bond acceptors (Lipinski definition) is 4. The minimum atomic E-state index is -0.0967. The normalized spacial score (nSPS) is 17.0. The summed E-state index contributed by atoms with van der Waals surface area (Å²) in [5.41, 5.74) is 1.51. The lowest BCUT2D eigenvalue weighted by Gasteiger charge is -2.15. The van der Waals surface area contributed by atoms with Gasteiger partial charge in [0, 0.05) is 31.3 Å². The molecule has 2 aromatic rings. The Balaban J connectivity index is 1.56. The molecule has 1 saturated heterocycles. The maximum Gasteiger partial charge on any atom is 0.246 e. The Morgan fingerprint density at radius 3 is 2.96 bits per heavy atom. The second-order valence-corrected chi connectivity index (χ2v) is 5.55. The minimum Gasteiger partial charge on any atom is -0.472 e. The van der Waals surface area contributed by atoms with Crippen LogP contribution in [0.25, 0.3) is 6.08 Å². The van der Waals surface area contributed by atoms with Crippen molar-refractivity contribution in [2.24, 2.45) is 0 Å². The molecule has 1 atom stereocenters. The number of likely N-dealkylation sites (tertiary alicyclic amines) is 1. The Morgan fingerprint density at radius 2 is 2.17 bits per heavy atom. The van der Waals surface area contributed by atoms with Crippen LogP contribution >= 0.6 is 0 Å². The fraction of sp³-hybridized carbons (Fsp3) is 0.211. The van der Waals surface area contributed by atoms with E-state index >= 15 is 0 Å². The molecule has 1 aromatic heterocycles. The second-order valence-electron chi connectivity index (χ2n) is 5.55. The number of nitrogens with zero attached hydrogens (tertiary/aromatic N) is 3. The molecule has 0 radical (unpaired) electrons. The molecule has 2 heterocycles. The fourth-order valence-electron chi connectivity index (χ4n) is 2.58. The van der Waals surface area contributed by atoms with E-state index in [1.165, 1.54) is 0 Å². The molecule has 1 aromatic carbocycles. The maximum absolute atomic E-state index is 12.2. The Labute approximate surface area is 140 Å². The number of pyridine rings is 1. The number of hydrogen-bond donors (Lipinski definition) is 0. The molecule has 1 fully saturated rings. The lowest BCUT2D eigenvalue weighted by Crippen LogP contribution is -2.29. The van der Waals surface area contributed by atoms with Gasteiger partial charge in [0.05, 0.1) is 18.2 Å². The highest BCUT2D eigenvalue weighted by Gasteiger charge is 2.26. The highest BCUT2D eigenvalue weighted by Crippen LogP contribution is 2.18. The second kappa shape index (κ2) is 7.42. The van der Waals surface area contributed by atoms with Gasteiger partial charge in [-0.25, -0.2) is 4.98 Å². The largest absolute Gasteiger partial charge is 0.472 e. The van der Waals surface area contributed by atoms with Gasteiger partial charge in [0.1, 0.15) is 6.10 Å². The first-order valence-electron chi connectivity index (χ1n) is 7.79. The highest BCUT2D eigenvalue weighted by molar-refractivity contribution is 5.92. The summed E-state index contributed by atoms with van der Waals surface area (Å²) < 4.78 is 5.78. The van der Waals surface area contributed by atoms with Crippen LogP contribution in [0.5, 0.6) is 5.88 Å². The molecule has 120 valence electrons. The van der Waals surface area contributed by atoms with Crippen molar-refractivity contribution in [3.63, 3.8) is 0 Å². The third kappa shape index (κ3) is 3.99. The topological polar surface area (TPSA) is 66.2 Å². The van der Waals surface area contributed by atoms with Crippen LogP contribution in [-0.2, 0) is 4.79 Å². The highest BCUT2D eigenvalue weighted by atomic mass is 16.5. The Hall–Kier alpha value is -3.13. The molecule has 0 spiro atoms. The van der Waals surface area contributed by atoms with Gasteiger partial charge in [-0.1, -0.05) is 30.3 Å².